The van der Waals surface area contributed by atoms with Crippen LogP contribution in [0.15, 0.2) is 65.9 Å². The maximum atomic E-state index is 13.0. The van der Waals surface area contributed by atoms with Gasteiger partial charge in [-0.25, -0.2) is 14.0 Å². The van der Waals surface area contributed by atoms with Crippen molar-refractivity contribution in [2.24, 2.45) is 0 Å². The zero-order valence-corrected chi connectivity index (χ0v) is 16.3. The van der Waals surface area contributed by atoms with E-state index in [1.54, 1.807) is 31.2 Å². The second-order valence-corrected chi connectivity index (χ2v) is 6.52. The molecule has 0 aliphatic carbocycles. The molecule has 30 heavy (non-hydrogen) atoms. The molecule has 2 aromatic carbocycles. The Bertz CT molecular complexity index is 957. The molecule has 0 saturated heterocycles. The third-order valence-electron chi connectivity index (χ3n) is 4.42. The molecule has 1 atom stereocenters. The van der Waals surface area contributed by atoms with Crippen LogP contribution >= 0.6 is 0 Å². The van der Waals surface area contributed by atoms with Gasteiger partial charge in [0, 0.05) is 0 Å². The summed E-state index contributed by atoms with van der Waals surface area (Å²) >= 11 is 0. The molecule has 2 amide bonds. The third kappa shape index (κ3) is 5.22. The molecule has 2 aromatic rings. The summed E-state index contributed by atoms with van der Waals surface area (Å²) in [4.78, 5) is 37.0. The van der Waals surface area contributed by atoms with Crippen molar-refractivity contribution in [2.75, 3.05) is 13.2 Å². The minimum atomic E-state index is -0.746. The summed E-state index contributed by atoms with van der Waals surface area (Å²) in [5.41, 5.74) is 1.58. The van der Waals surface area contributed by atoms with Crippen LogP contribution in [0.1, 0.15) is 24.1 Å². The van der Waals surface area contributed by atoms with Crippen molar-refractivity contribution in [3.63, 3.8) is 0 Å². The van der Waals surface area contributed by atoms with Gasteiger partial charge in [-0.05, 0) is 30.2 Å². The fourth-order valence-corrected chi connectivity index (χ4v) is 3.05. The van der Waals surface area contributed by atoms with Crippen molar-refractivity contribution >= 4 is 18.0 Å². The number of ether oxygens (including phenoxy) is 2. The van der Waals surface area contributed by atoms with Gasteiger partial charge in [-0.15, -0.1) is 0 Å². The molecular formula is C22H21FN2O5. The number of benzene rings is 2. The molecule has 3 rings (SSSR count). The summed E-state index contributed by atoms with van der Waals surface area (Å²) in [7, 11) is 0. The summed E-state index contributed by atoms with van der Waals surface area (Å²) < 4.78 is 23.4. The average Bonchev–Trinajstić information content (AvgIpc) is 2.74. The highest BCUT2D eigenvalue weighted by Crippen LogP contribution is 2.27. The van der Waals surface area contributed by atoms with Gasteiger partial charge in [-0.3, -0.25) is 4.79 Å². The van der Waals surface area contributed by atoms with Gasteiger partial charge in [0.2, 0.25) is 0 Å². The first kappa shape index (κ1) is 21.0. The van der Waals surface area contributed by atoms with Gasteiger partial charge in [0.05, 0.1) is 30.3 Å². The molecule has 7 nitrogen and oxygen atoms in total. The van der Waals surface area contributed by atoms with Crippen LogP contribution in [0.5, 0.6) is 0 Å². The Labute approximate surface area is 172 Å². The normalized spacial score (nSPS) is 15.8. The van der Waals surface area contributed by atoms with E-state index in [1.165, 1.54) is 24.3 Å². The highest BCUT2D eigenvalue weighted by Gasteiger charge is 2.34. The van der Waals surface area contributed by atoms with Crippen LogP contribution in [-0.4, -0.2) is 31.2 Å². The van der Waals surface area contributed by atoms with E-state index in [-0.39, 0.29) is 30.9 Å². The summed E-state index contributed by atoms with van der Waals surface area (Å²) in [6.45, 7) is 1.51. The van der Waals surface area contributed by atoms with Crippen molar-refractivity contribution < 1.29 is 28.2 Å². The molecule has 0 bridgehead atoms. The monoisotopic (exact) mass is 412 g/mol. The number of hydrogen-bond acceptors (Lipinski definition) is 5. The lowest BCUT2D eigenvalue weighted by molar-refractivity contribution is -0.143. The van der Waals surface area contributed by atoms with Crippen molar-refractivity contribution in [1.82, 2.24) is 10.6 Å². The fourth-order valence-electron chi connectivity index (χ4n) is 3.05. The summed E-state index contributed by atoms with van der Waals surface area (Å²) in [6, 6.07) is 13.1. The van der Waals surface area contributed by atoms with Crippen molar-refractivity contribution in [3.8, 4) is 0 Å². The minimum Gasteiger partial charge on any atom is -0.463 e. The molecule has 8 heteroatoms. The summed E-state index contributed by atoms with van der Waals surface area (Å²) in [5.74, 6) is -1.61. The van der Waals surface area contributed by atoms with Gasteiger partial charge in [0.25, 0.3) is 0 Å². The lowest BCUT2D eigenvalue weighted by Crippen LogP contribution is -2.47. The zero-order valence-electron chi connectivity index (χ0n) is 16.3. The van der Waals surface area contributed by atoms with Gasteiger partial charge in [0.1, 0.15) is 12.4 Å². The lowest BCUT2D eigenvalue weighted by atomic mass is 9.95. The first-order valence-electron chi connectivity index (χ1n) is 9.40. The van der Waals surface area contributed by atoms with E-state index in [0.717, 1.165) is 0 Å². The quantitative estimate of drug-likeness (QED) is 0.682. The van der Waals surface area contributed by atoms with Crippen LogP contribution in [0.4, 0.5) is 9.18 Å². The minimum absolute atomic E-state index is 0.0728. The topological polar surface area (TPSA) is 93.7 Å². The number of hydrogen-bond donors (Lipinski definition) is 2. The maximum Gasteiger partial charge on any atom is 0.338 e. The van der Waals surface area contributed by atoms with Gasteiger partial charge in [-0.2, -0.15) is 0 Å². The van der Waals surface area contributed by atoms with Gasteiger partial charge in [0.15, 0.2) is 0 Å². The predicted molar refractivity (Wildman–Crippen MR) is 106 cm³/mol. The van der Waals surface area contributed by atoms with E-state index in [2.05, 4.69) is 10.6 Å². The highest BCUT2D eigenvalue weighted by atomic mass is 19.1. The second-order valence-electron chi connectivity index (χ2n) is 6.52. The number of carbonyl (C=O) groups excluding carboxylic acids is 3. The third-order valence-corrected chi connectivity index (χ3v) is 4.42. The molecule has 0 aromatic heterocycles. The molecule has 1 heterocycles. The Morgan fingerprint density at radius 2 is 1.73 bits per heavy atom. The van der Waals surface area contributed by atoms with E-state index in [1.807, 2.05) is 6.07 Å². The van der Waals surface area contributed by atoms with Crippen LogP contribution in [-0.2, 0) is 25.5 Å². The van der Waals surface area contributed by atoms with E-state index < -0.39 is 29.8 Å². The zero-order chi connectivity index (χ0) is 21.5. The molecule has 0 spiro atoms. The van der Waals surface area contributed by atoms with E-state index in [9.17, 15) is 18.8 Å². The molecule has 0 fully saturated rings. The van der Waals surface area contributed by atoms with Crippen molar-refractivity contribution in [1.29, 1.82) is 0 Å². The van der Waals surface area contributed by atoms with Gasteiger partial charge < -0.3 is 20.1 Å². The summed E-state index contributed by atoms with van der Waals surface area (Å²) in [6.07, 6.45) is -0.0728. The molecule has 0 saturated carbocycles. The molecule has 1 aliphatic heterocycles. The highest BCUT2D eigenvalue weighted by molar-refractivity contribution is 5.95. The number of esters is 2. The maximum absolute atomic E-state index is 13.0. The van der Waals surface area contributed by atoms with Crippen LogP contribution in [0.2, 0.25) is 0 Å². The standard InChI is InChI=1S/C22H21FN2O5/c1-2-29-21(27)19-17(13-30-18(26)12-14-8-10-16(23)11-9-14)24-22(28)25-20(19)15-6-4-3-5-7-15/h3-11,20H,2,12-13H2,1H3,(H2,24,25,28)/t20-/m1/s1. The predicted octanol–water partition coefficient (Wildman–Crippen LogP) is 2.78. The Balaban J connectivity index is 1.81. The Kier molecular flexibility index (Phi) is 6.79. The number of amides is 2. The number of rotatable bonds is 7. The smallest absolute Gasteiger partial charge is 0.338 e. The molecule has 2 N–H and O–H groups in total. The van der Waals surface area contributed by atoms with Gasteiger partial charge >= 0.3 is 18.0 Å². The first-order chi connectivity index (χ1) is 14.5. The number of carbonyl (C=O) groups is 3. The molecule has 156 valence electrons. The average molecular weight is 412 g/mol. The largest absolute Gasteiger partial charge is 0.463 e. The second kappa shape index (κ2) is 9.69. The van der Waals surface area contributed by atoms with Gasteiger partial charge in [-0.1, -0.05) is 42.5 Å². The fraction of sp³-hybridized carbons (Fsp3) is 0.227. The lowest BCUT2D eigenvalue weighted by Gasteiger charge is -2.29. The Morgan fingerprint density at radius 3 is 2.40 bits per heavy atom. The first-order valence-corrected chi connectivity index (χ1v) is 9.40. The molecular weight excluding hydrogens is 391 g/mol. The van der Waals surface area contributed by atoms with Crippen molar-refractivity contribution in [2.45, 2.75) is 19.4 Å². The number of nitrogens with one attached hydrogen (secondary N) is 2. The van der Waals surface area contributed by atoms with E-state index >= 15 is 0 Å². The molecule has 1 aliphatic rings. The Hall–Kier alpha value is -3.68. The molecule has 0 radical (unpaired) electrons. The van der Waals surface area contributed by atoms with Crippen molar-refractivity contribution in [3.05, 3.63) is 82.8 Å². The van der Waals surface area contributed by atoms with Crippen LogP contribution in [0, 0.1) is 5.82 Å². The van der Waals surface area contributed by atoms with Crippen LogP contribution in [0.3, 0.4) is 0 Å². The van der Waals surface area contributed by atoms with E-state index in [0.29, 0.717) is 11.1 Å². The van der Waals surface area contributed by atoms with Crippen LogP contribution < -0.4 is 10.6 Å². The molecule has 0 unspecified atom stereocenters. The Morgan fingerprint density at radius 1 is 1.03 bits per heavy atom. The van der Waals surface area contributed by atoms with E-state index in [4.69, 9.17) is 9.47 Å². The SMILES string of the molecule is CCOC(=O)C1=C(COC(=O)Cc2ccc(F)cc2)NC(=O)N[C@@H]1c1ccccc1. The number of urea groups is 1. The number of halogens is 1. The van der Waals surface area contributed by atoms with Crippen LogP contribution in [0.25, 0.3) is 0 Å². The summed E-state index contributed by atoms with van der Waals surface area (Å²) in [5, 5.41) is 5.23.